The predicted octanol–water partition coefficient (Wildman–Crippen LogP) is 0.922. The molecule has 1 fully saturated rings. The summed E-state index contributed by atoms with van der Waals surface area (Å²) >= 11 is 0. The van der Waals surface area contributed by atoms with Gasteiger partial charge in [0.25, 0.3) is 0 Å². The van der Waals surface area contributed by atoms with Crippen molar-refractivity contribution in [3.63, 3.8) is 0 Å². The topological polar surface area (TPSA) is 48.7 Å². The SMILES string of the molecule is CN(Cc1ccco1)C(=O)C(C)(C)N1CCNCC1. The van der Waals surface area contributed by atoms with E-state index in [-0.39, 0.29) is 5.91 Å². The Labute approximate surface area is 114 Å². The summed E-state index contributed by atoms with van der Waals surface area (Å²) in [6.45, 7) is 8.22. The van der Waals surface area contributed by atoms with Gasteiger partial charge in [0.15, 0.2) is 0 Å². The van der Waals surface area contributed by atoms with Crippen LogP contribution in [0.2, 0.25) is 0 Å². The number of carbonyl (C=O) groups excluding carboxylic acids is 1. The van der Waals surface area contributed by atoms with Crippen LogP contribution in [0, 0.1) is 0 Å². The number of furan rings is 1. The number of amides is 1. The molecule has 0 bridgehead atoms. The zero-order valence-corrected chi connectivity index (χ0v) is 12.0. The van der Waals surface area contributed by atoms with Crippen molar-refractivity contribution in [2.45, 2.75) is 25.9 Å². The third kappa shape index (κ3) is 3.16. The average Bonchev–Trinajstić information content (AvgIpc) is 2.91. The van der Waals surface area contributed by atoms with Crippen molar-refractivity contribution in [3.05, 3.63) is 24.2 Å². The monoisotopic (exact) mass is 265 g/mol. The Morgan fingerprint density at radius 3 is 2.74 bits per heavy atom. The van der Waals surface area contributed by atoms with Crippen molar-refractivity contribution in [1.29, 1.82) is 0 Å². The zero-order valence-electron chi connectivity index (χ0n) is 12.0. The van der Waals surface area contributed by atoms with Gasteiger partial charge in [-0.25, -0.2) is 0 Å². The molecule has 0 unspecified atom stereocenters. The molecule has 0 spiro atoms. The van der Waals surface area contributed by atoms with E-state index < -0.39 is 5.54 Å². The molecule has 1 N–H and O–H groups in total. The van der Waals surface area contributed by atoms with Gasteiger partial charge in [-0.3, -0.25) is 9.69 Å². The summed E-state index contributed by atoms with van der Waals surface area (Å²) in [5, 5.41) is 3.31. The lowest BCUT2D eigenvalue weighted by atomic mass is 9.99. The Hall–Kier alpha value is -1.33. The van der Waals surface area contributed by atoms with Gasteiger partial charge in [0.2, 0.25) is 5.91 Å². The number of nitrogens with zero attached hydrogens (tertiary/aromatic N) is 2. The van der Waals surface area contributed by atoms with E-state index in [9.17, 15) is 4.79 Å². The van der Waals surface area contributed by atoms with Gasteiger partial charge in [-0.15, -0.1) is 0 Å². The molecule has 19 heavy (non-hydrogen) atoms. The van der Waals surface area contributed by atoms with Gasteiger partial charge in [0, 0.05) is 33.2 Å². The minimum absolute atomic E-state index is 0.130. The molecular formula is C14H23N3O2. The highest BCUT2D eigenvalue weighted by atomic mass is 16.3. The lowest BCUT2D eigenvalue weighted by Gasteiger charge is -2.41. The highest BCUT2D eigenvalue weighted by Crippen LogP contribution is 2.19. The summed E-state index contributed by atoms with van der Waals surface area (Å²) in [5.74, 6) is 0.942. The molecule has 106 valence electrons. The number of rotatable bonds is 4. The summed E-state index contributed by atoms with van der Waals surface area (Å²) in [6, 6.07) is 3.73. The molecule has 0 aliphatic carbocycles. The van der Waals surface area contributed by atoms with Crippen molar-refractivity contribution in [3.8, 4) is 0 Å². The Balaban J connectivity index is 2.00. The molecule has 1 aromatic heterocycles. The van der Waals surface area contributed by atoms with Gasteiger partial charge in [0.05, 0.1) is 18.3 Å². The Kier molecular flexibility index (Phi) is 4.27. The predicted molar refractivity (Wildman–Crippen MR) is 73.7 cm³/mol. The van der Waals surface area contributed by atoms with Crippen molar-refractivity contribution in [2.24, 2.45) is 0 Å². The summed E-state index contributed by atoms with van der Waals surface area (Å²) in [4.78, 5) is 16.6. The van der Waals surface area contributed by atoms with Crippen LogP contribution in [0.5, 0.6) is 0 Å². The van der Waals surface area contributed by atoms with Gasteiger partial charge in [-0.05, 0) is 26.0 Å². The first-order valence-electron chi connectivity index (χ1n) is 6.75. The third-order valence-electron chi connectivity index (χ3n) is 3.75. The minimum Gasteiger partial charge on any atom is -0.467 e. The summed E-state index contributed by atoms with van der Waals surface area (Å²) in [6.07, 6.45) is 1.63. The van der Waals surface area contributed by atoms with Crippen LogP contribution in [0.4, 0.5) is 0 Å². The molecule has 5 nitrogen and oxygen atoms in total. The van der Waals surface area contributed by atoms with E-state index in [1.807, 2.05) is 33.0 Å². The van der Waals surface area contributed by atoms with E-state index in [1.54, 1.807) is 11.2 Å². The maximum atomic E-state index is 12.6. The van der Waals surface area contributed by atoms with Gasteiger partial charge in [0.1, 0.15) is 5.76 Å². The summed E-state index contributed by atoms with van der Waals surface area (Å²) < 4.78 is 5.29. The number of hydrogen-bond donors (Lipinski definition) is 1. The second-order valence-electron chi connectivity index (χ2n) is 5.54. The zero-order chi connectivity index (χ0) is 13.9. The number of nitrogens with one attached hydrogen (secondary N) is 1. The fourth-order valence-corrected chi connectivity index (χ4v) is 2.53. The van der Waals surface area contributed by atoms with Crippen LogP contribution < -0.4 is 5.32 Å². The van der Waals surface area contributed by atoms with Gasteiger partial charge in [-0.2, -0.15) is 0 Å². The molecule has 0 saturated carbocycles. The molecule has 2 heterocycles. The number of piperazine rings is 1. The van der Waals surface area contributed by atoms with Gasteiger partial charge in [-0.1, -0.05) is 0 Å². The largest absolute Gasteiger partial charge is 0.467 e. The van der Waals surface area contributed by atoms with E-state index in [2.05, 4.69) is 10.2 Å². The fourth-order valence-electron chi connectivity index (χ4n) is 2.53. The highest BCUT2D eigenvalue weighted by Gasteiger charge is 2.37. The molecule has 1 aliphatic rings. The molecule has 0 atom stereocenters. The quantitative estimate of drug-likeness (QED) is 0.879. The maximum absolute atomic E-state index is 12.6. The van der Waals surface area contributed by atoms with Gasteiger partial charge >= 0.3 is 0 Å². The maximum Gasteiger partial charge on any atom is 0.242 e. The second kappa shape index (κ2) is 5.75. The number of carbonyl (C=O) groups is 1. The Morgan fingerprint density at radius 2 is 2.16 bits per heavy atom. The molecule has 1 aromatic rings. The van der Waals surface area contributed by atoms with Crippen LogP contribution >= 0.6 is 0 Å². The van der Waals surface area contributed by atoms with E-state index in [0.29, 0.717) is 6.54 Å². The van der Waals surface area contributed by atoms with Crippen LogP contribution in [0.1, 0.15) is 19.6 Å². The second-order valence-corrected chi connectivity index (χ2v) is 5.54. The van der Waals surface area contributed by atoms with Crippen LogP contribution in [0.25, 0.3) is 0 Å². The Bertz CT molecular complexity index is 408. The summed E-state index contributed by atoms with van der Waals surface area (Å²) in [7, 11) is 1.83. The average molecular weight is 265 g/mol. The standard InChI is InChI=1S/C14H23N3O2/c1-14(2,17-8-6-15-7-9-17)13(18)16(3)11-12-5-4-10-19-12/h4-5,10,15H,6-9,11H2,1-3H3. The van der Waals surface area contributed by atoms with E-state index in [4.69, 9.17) is 4.42 Å². The molecule has 1 saturated heterocycles. The van der Waals surface area contributed by atoms with E-state index in [0.717, 1.165) is 31.9 Å². The van der Waals surface area contributed by atoms with Crippen molar-refractivity contribution < 1.29 is 9.21 Å². The first-order valence-corrected chi connectivity index (χ1v) is 6.75. The van der Waals surface area contributed by atoms with Crippen molar-refractivity contribution >= 4 is 5.91 Å². The summed E-state index contributed by atoms with van der Waals surface area (Å²) in [5.41, 5.74) is -0.469. The smallest absolute Gasteiger partial charge is 0.242 e. The molecule has 1 amide bonds. The minimum atomic E-state index is -0.469. The molecule has 5 heteroatoms. The van der Waals surface area contributed by atoms with Crippen LogP contribution in [-0.4, -0.2) is 54.5 Å². The van der Waals surface area contributed by atoms with Crippen molar-refractivity contribution in [1.82, 2.24) is 15.1 Å². The highest BCUT2D eigenvalue weighted by molar-refractivity contribution is 5.85. The first kappa shape index (κ1) is 14.1. The van der Waals surface area contributed by atoms with Crippen molar-refractivity contribution in [2.75, 3.05) is 33.2 Å². The Morgan fingerprint density at radius 1 is 1.47 bits per heavy atom. The van der Waals surface area contributed by atoms with Crippen LogP contribution in [0.3, 0.4) is 0 Å². The van der Waals surface area contributed by atoms with E-state index >= 15 is 0 Å². The van der Waals surface area contributed by atoms with E-state index in [1.165, 1.54) is 0 Å². The normalized spacial score (nSPS) is 17.4. The molecular weight excluding hydrogens is 242 g/mol. The van der Waals surface area contributed by atoms with Crippen LogP contribution in [-0.2, 0) is 11.3 Å². The van der Waals surface area contributed by atoms with Crippen LogP contribution in [0.15, 0.2) is 22.8 Å². The molecule has 2 rings (SSSR count). The lowest BCUT2D eigenvalue weighted by molar-refractivity contribution is -0.142. The molecule has 0 radical (unpaired) electrons. The number of hydrogen-bond acceptors (Lipinski definition) is 4. The molecule has 1 aliphatic heterocycles. The molecule has 0 aromatic carbocycles. The third-order valence-corrected chi connectivity index (χ3v) is 3.75. The fraction of sp³-hybridized carbons (Fsp3) is 0.643. The first-order chi connectivity index (χ1) is 9.01. The van der Waals surface area contributed by atoms with Gasteiger partial charge < -0.3 is 14.6 Å². The number of likely N-dealkylation sites (N-methyl/N-ethyl adjacent to an activating group) is 1. The lowest BCUT2D eigenvalue weighted by Crippen LogP contribution is -2.60.